The van der Waals surface area contributed by atoms with Gasteiger partial charge in [0.05, 0.1) is 7.11 Å². The Morgan fingerprint density at radius 1 is 1.10 bits per heavy atom. The van der Waals surface area contributed by atoms with Gasteiger partial charge in [0.2, 0.25) is 5.58 Å². The first kappa shape index (κ1) is 17.6. The summed E-state index contributed by atoms with van der Waals surface area (Å²) in [5.41, 5.74) is 2.83. The number of carbonyl (C=O) groups excluding carboxylic acids is 1. The van der Waals surface area contributed by atoms with E-state index in [-0.39, 0.29) is 18.1 Å². The zero-order valence-corrected chi connectivity index (χ0v) is 15.8. The Hall–Kier alpha value is -3.45. The summed E-state index contributed by atoms with van der Waals surface area (Å²) in [6.07, 6.45) is 0.271. The number of para-hydroxylation sites is 1. The molecule has 7 nitrogen and oxygen atoms in total. The molecule has 0 spiro atoms. The molecule has 1 saturated heterocycles. The van der Waals surface area contributed by atoms with Crippen LogP contribution in [0.3, 0.4) is 0 Å². The Labute approximate surface area is 166 Å². The summed E-state index contributed by atoms with van der Waals surface area (Å²) >= 11 is 0. The number of ether oxygens (including phenoxy) is 2. The molecular weight excluding hydrogens is 370 g/mol. The zero-order chi connectivity index (χ0) is 19.8. The van der Waals surface area contributed by atoms with Crippen LogP contribution in [0.25, 0.3) is 33.5 Å². The molecule has 29 heavy (non-hydrogen) atoms. The smallest absolute Gasteiger partial charge is 0.323 e. The Bertz CT molecular complexity index is 1190. The molecule has 0 bridgehead atoms. The van der Waals surface area contributed by atoms with Crippen LogP contribution in [0.5, 0.6) is 5.88 Å². The maximum absolute atomic E-state index is 11.8. The first-order valence-corrected chi connectivity index (χ1v) is 9.45. The number of nitrogens with zero attached hydrogens (tertiary/aromatic N) is 2. The number of furan rings is 1. The summed E-state index contributed by atoms with van der Waals surface area (Å²) in [6.45, 7) is 0.520. The largest absolute Gasteiger partial charge is 0.470 e. The van der Waals surface area contributed by atoms with Crippen LogP contribution in [0.4, 0.5) is 0 Å². The lowest BCUT2D eigenvalue weighted by atomic mass is 10.2. The van der Waals surface area contributed by atoms with Crippen LogP contribution in [0, 0.1) is 0 Å². The number of hydrogen-bond donors (Lipinski definition) is 1. The fourth-order valence-electron chi connectivity index (χ4n) is 3.63. The number of esters is 1. The van der Waals surface area contributed by atoms with Gasteiger partial charge in [-0.05, 0) is 12.1 Å². The van der Waals surface area contributed by atoms with Crippen LogP contribution >= 0.6 is 0 Å². The summed E-state index contributed by atoms with van der Waals surface area (Å²) in [6, 6.07) is 17.1. The van der Waals surface area contributed by atoms with Gasteiger partial charge in [-0.2, -0.15) is 4.98 Å². The van der Waals surface area contributed by atoms with Gasteiger partial charge in [-0.15, -0.1) is 0 Å². The second-order valence-electron chi connectivity index (χ2n) is 6.95. The number of rotatable bonds is 4. The maximum Gasteiger partial charge on any atom is 0.323 e. The minimum absolute atomic E-state index is 0.228. The van der Waals surface area contributed by atoms with Crippen LogP contribution in [0.1, 0.15) is 6.42 Å². The number of carbonyl (C=O) groups is 1. The molecule has 1 N–H and O–H groups in total. The highest BCUT2D eigenvalue weighted by molar-refractivity contribution is 6.04. The second kappa shape index (κ2) is 7.18. The average molecular weight is 389 g/mol. The average Bonchev–Trinajstić information content (AvgIpc) is 3.39. The highest BCUT2D eigenvalue weighted by atomic mass is 16.5. The van der Waals surface area contributed by atoms with E-state index in [9.17, 15) is 4.79 Å². The van der Waals surface area contributed by atoms with Gasteiger partial charge < -0.3 is 19.2 Å². The quantitative estimate of drug-likeness (QED) is 0.536. The van der Waals surface area contributed by atoms with Gasteiger partial charge in [-0.1, -0.05) is 42.5 Å². The minimum atomic E-state index is -0.383. The molecule has 4 aromatic rings. The number of aromatic nitrogens is 2. The molecule has 1 aliphatic heterocycles. The van der Waals surface area contributed by atoms with E-state index in [2.05, 4.69) is 10.3 Å². The Morgan fingerprint density at radius 3 is 2.72 bits per heavy atom. The van der Waals surface area contributed by atoms with Gasteiger partial charge in [0.15, 0.2) is 5.82 Å². The van der Waals surface area contributed by atoms with E-state index >= 15 is 0 Å². The second-order valence-corrected chi connectivity index (χ2v) is 6.95. The van der Waals surface area contributed by atoms with E-state index < -0.39 is 0 Å². The van der Waals surface area contributed by atoms with Crippen molar-refractivity contribution in [2.24, 2.45) is 0 Å². The number of fused-ring (bicyclic) bond motifs is 3. The molecule has 0 saturated carbocycles. The van der Waals surface area contributed by atoms with Crippen molar-refractivity contribution >= 4 is 28.0 Å². The van der Waals surface area contributed by atoms with Gasteiger partial charge in [0.1, 0.15) is 23.2 Å². The minimum Gasteiger partial charge on any atom is -0.470 e. The van der Waals surface area contributed by atoms with E-state index in [1.54, 1.807) is 0 Å². The van der Waals surface area contributed by atoms with Gasteiger partial charge in [-0.25, -0.2) is 4.98 Å². The Morgan fingerprint density at radius 2 is 1.90 bits per heavy atom. The Balaban J connectivity index is 1.59. The number of nitrogens with one attached hydrogen (secondary N) is 1. The summed E-state index contributed by atoms with van der Waals surface area (Å²) in [5, 5.41) is 4.03. The molecule has 146 valence electrons. The predicted molar refractivity (Wildman–Crippen MR) is 108 cm³/mol. The van der Waals surface area contributed by atoms with E-state index in [1.165, 1.54) is 7.11 Å². The lowest BCUT2D eigenvalue weighted by molar-refractivity contribution is -0.142. The molecule has 1 fully saturated rings. The molecule has 3 heterocycles. The molecule has 5 rings (SSSR count). The van der Waals surface area contributed by atoms with Crippen LogP contribution in [0.15, 0.2) is 59.0 Å². The summed E-state index contributed by atoms with van der Waals surface area (Å²) in [5.74, 6) is 0.648. The first-order chi connectivity index (χ1) is 14.2. The van der Waals surface area contributed by atoms with Crippen LogP contribution in [0.2, 0.25) is 0 Å². The molecule has 1 aliphatic rings. The van der Waals surface area contributed by atoms with E-state index in [1.807, 2.05) is 54.6 Å². The van der Waals surface area contributed by atoms with Crippen LogP contribution in [-0.2, 0) is 9.53 Å². The van der Waals surface area contributed by atoms with E-state index in [4.69, 9.17) is 18.9 Å². The van der Waals surface area contributed by atoms with Crippen LogP contribution in [-0.4, -0.2) is 41.7 Å². The van der Waals surface area contributed by atoms with Crippen molar-refractivity contribution in [2.45, 2.75) is 18.6 Å². The summed E-state index contributed by atoms with van der Waals surface area (Å²) in [4.78, 5) is 21.2. The molecule has 2 unspecified atom stereocenters. The third kappa shape index (κ3) is 3.19. The fraction of sp³-hybridized carbons (Fsp3) is 0.227. The highest BCUT2D eigenvalue weighted by Gasteiger charge is 2.32. The molecule has 0 radical (unpaired) electrons. The maximum atomic E-state index is 11.8. The SMILES string of the molecule is COC(=O)C1CC(Oc2nc(-c3ccccc3)nc3c2oc2ccccc23)CN1. The number of benzene rings is 2. The van der Waals surface area contributed by atoms with Crippen molar-refractivity contribution in [3.8, 4) is 17.3 Å². The third-order valence-electron chi connectivity index (χ3n) is 5.08. The molecule has 2 aromatic carbocycles. The fourth-order valence-corrected chi connectivity index (χ4v) is 3.63. The lowest BCUT2D eigenvalue weighted by Gasteiger charge is -2.13. The molecule has 0 amide bonds. The van der Waals surface area contributed by atoms with Crippen molar-refractivity contribution in [2.75, 3.05) is 13.7 Å². The van der Waals surface area contributed by atoms with Gasteiger partial charge in [0.25, 0.3) is 5.88 Å². The van der Waals surface area contributed by atoms with Crippen molar-refractivity contribution in [3.05, 3.63) is 54.6 Å². The molecule has 0 aliphatic carbocycles. The van der Waals surface area contributed by atoms with Gasteiger partial charge in [0, 0.05) is 23.9 Å². The summed E-state index contributed by atoms with van der Waals surface area (Å²) < 4.78 is 17.0. The molecular formula is C22H19N3O4. The van der Waals surface area contributed by atoms with Crippen LogP contribution < -0.4 is 10.1 Å². The normalized spacial score (nSPS) is 18.9. The van der Waals surface area contributed by atoms with Crippen molar-refractivity contribution in [3.63, 3.8) is 0 Å². The lowest BCUT2D eigenvalue weighted by Crippen LogP contribution is -2.31. The predicted octanol–water partition coefficient (Wildman–Crippen LogP) is 3.33. The standard InChI is InChI=1S/C22H19N3O4/c1-27-22(26)16-11-14(12-23-16)28-21-19-18(15-9-5-6-10-17(15)29-19)24-20(25-21)13-7-3-2-4-8-13/h2-10,14,16,23H,11-12H2,1H3. The Kier molecular flexibility index (Phi) is 4.37. The summed E-state index contributed by atoms with van der Waals surface area (Å²) in [7, 11) is 1.38. The zero-order valence-electron chi connectivity index (χ0n) is 15.8. The molecule has 2 atom stereocenters. The monoisotopic (exact) mass is 389 g/mol. The van der Waals surface area contributed by atoms with Crippen molar-refractivity contribution < 1.29 is 18.7 Å². The van der Waals surface area contributed by atoms with Crippen molar-refractivity contribution in [1.29, 1.82) is 0 Å². The van der Waals surface area contributed by atoms with Gasteiger partial charge in [-0.3, -0.25) is 4.79 Å². The van der Waals surface area contributed by atoms with E-state index in [0.717, 1.165) is 16.5 Å². The van der Waals surface area contributed by atoms with E-state index in [0.29, 0.717) is 35.8 Å². The molecule has 2 aromatic heterocycles. The third-order valence-corrected chi connectivity index (χ3v) is 5.08. The number of methoxy groups -OCH3 is 1. The highest BCUT2D eigenvalue weighted by Crippen LogP contribution is 2.35. The topological polar surface area (TPSA) is 86.5 Å². The molecule has 7 heteroatoms. The van der Waals surface area contributed by atoms with Crippen molar-refractivity contribution in [1.82, 2.24) is 15.3 Å². The van der Waals surface area contributed by atoms with Gasteiger partial charge >= 0.3 is 5.97 Å². The number of hydrogen-bond acceptors (Lipinski definition) is 7. The first-order valence-electron chi connectivity index (χ1n) is 9.45.